The first-order chi connectivity index (χ1) is 9.15. The minimum atomic E-state index is -0.541. The number of rotatable bonds is 2. The van der Waals surface area contributed by atoms with Crippen molar-refractivity contribution in [1.82, 2.24) is 0 Å². The first-order valence-electron chi connectivity index (χ1n) is 6.45. The third-order valence-corrected chi connectivity index (χ3v) is 3.66. The quantitative estimate of drug-likeness (QED) is 0.844. The molecule has 98 valence electrons. The Labute approximate surface area is 111 Å². The fraction of sp³-hybridized carbons (Fsp3) is 0.250. The minimum Gasteiger partial charge on any atom is -0.373 e. The van der Waals surface area contributed by atoms with Gasteiger partial charge in [0.25, 0.3) is 0 Å². The summed E-state index contributed by atoms with van der Waals surface area (Å²) >= 11 is 0. The Morgan fingerprint density at radius 1 is 1.11 bits per heavy atom. The summed E-state index contributed by atoms with van der Waals surface area (Å²) in [6.07, 6.45) is 1.82. The molecule has 0 amide bonds. The summed E-state index contributed by atoms with van der Waals surface area (Å²) in [5, 5.41) is 3.01. The van der Waals surface area contributed by atoms with Crippen molar-refractivity contribution in [1.29, 1.82) is 0 Å². The average molecular weight is 259 g/mol. The molecule has 0 saturated heterocycles. The zero-order chi connectivity index (χ0) is 13.4. The molecule has 2 aromatic carbocycles. The third-order valence-electron chi connectivity index (χ3n) is 3.66. The maximum absolute atomic E-state index is 13.7. The van der Waals surface area contributed by atoms with E-state index in [4.69, 9.17) is 0 Å². The lowest BCUT2D eigenvalue weighted by Crippen LogP contribution is -2.10. The summed E-state index contributed by atoms with van der Waals surface area (Å²) in [5.41, 5.74) is 3.56. The van der Waals surface area contributed by atoms with E-state index in [9.17, 15) is 8.78 Å². The third kappa shape index (κ3) is 2.21. The van der Waals surface area contributed by atoms with Crippen molar-refractivity contribution in [2.75, 3.05) is 5.32 Å². The Bertz CT molecular complexity index is 602. The molecule has 0 spiro atoms. The van der Waals surface area contributed by atoms with E-state index in [1.165, 1.54) is 29.3 Å². The molecule has 0 aliphatic heterocycles. The Morgan fingerprint density at radius 2 is 1.84 bits per heavy atom. The number of halogens is 2. The summed E-state index contributed by atoms with van der Waals surface area (Å²) in [7, 11) is 0. The number of fused-ring (bicyclic) bond motifs is 1. The van der Waals surface area contributed by atoms with Crippen LogP contribution in [-0.4, -0.2) is 0 Å². The molecule has 3 rings (SSSR count). The fourth-order valence-electron chi connectivity index (χ4n) is 2.68. The molecule has 1 aliphatic carbocycles. The second-order valence-corrected chi connectivity index (χ2v) is 5.03. The van der Waals surface area contributed by atoms with Crippen LogP contribution < -0.4 is 5.32 Å². The number of benzene rings is 2. The van der Waals surface area contributed by atoms with Gasteiger partial charge in [-0.1, -0.05) is 29.8 Å². The van der Waals surface area contributed by atoms with E-state index in [2.05, 4.69) is 23.5 Å². The van der Waals surface area contributed by atoms with Gasteiger partial charge in [0.05, 0.1) is 6.04 Å². The van der Waals surface area contributed by atoms with Crippen molar-refractivity contribution >= 4 is 5.69 Å². The topological polar surface area (TPSA) is 12.0 Å². The number of hydrogen-bond donors (Lipinski definition) is 1. The molecule has 0 aromatic heterocycles. The first-order valence-corrected chi connectivity index (χ1v) is 6.45. The zero-order valence-corrected chi connectivity index (χ0v) is 10.7. The van der Waals surface area contributed by atoms with E-state index >= 15 is 0 Å². The van der Waals surface area contributed by atoms with Gasteiger partial charge in [0.2, 0.25) is 0 Å². The highest BCUT2D eigenvalue weighted by molar-refractivity contribution is 5.50. The van der Waals surface area contributed by atoms with Gasteiger partial charge in [-0.3, -0.25) is 0 Å². The van der Waals surface area contributed by atoms with Crippen molar-refractivity contribution in [3.63, 3.8) is 0 Å². The van der Waals surface area contributed by atoms with E-state index in [0.29, 0.717) is 0 Å². The van der Waals surface area contributed by atoms with Gasteiger partial charge in [0.1, 0.15) is 17.3 Å². The summed E-state index contributed by atoms with van der Waals surface area (Å²) in [4.78, 5) is 0. The molecule has 0 radical (unpaired) electrons. The van der Waals surface area contributed by atoms with Gasteiger partial charge in [-0.05, 0) is 43.0 Å². The van der Waals surface area contributed by atoms with Crippen LogP contribution in [-0.2, 0) is 6.42 Å². The molecular formula is C16H15F2N. The fourth-order valence-corrected chi connectivity index (χ4v) is 2.68. The second-order valence-electron chi connectivity index (χ2n) is 5.03. The lowest BCUT2D eigenvalue weighted by Gasteiger charge is -2.17. The minimum absolute atomic E-state index is 0.0127. The smallest absolute Gasteiger partial charge is 0.149 e. The monoisotopic (exact) mass is 259 g/mol. The van der Waals surface area contributed by atoms with E-state index in [-0.39, 0.29) is 11.7 Å². The second kappa shape index (κ2) is 4.65. The van der Waals surface area contributed by atoms with Crippen LogP contribution >= 0.6 is 0 Å². The van der Waals surface area contributed by atoms with Crippen LogP contribution in [0.15, 0.2) is 36.4 Å². The van der Waals surface area contributed by atoms with E-state index < -0.39 is 11.6 Å². The normalized spacial score (nSPS) is 17.3. The van der Waals surface area contributed by atoms with Crippen LogP contribution in [0.5, 0.6) is 0 Å². The summed E-state index contributed by atoms with van der Waals surface area (Å²) in [6, 6.07) is 10.2. The highest BCUT2D eigenvalue weighted by Crippen LogP contribution is 2.35. The number of nitrogens with one attached hydrogen (secondary N) is 1. The zero-order valence-electron chi connectivity index (χ0n) is 10.7. The van der Waals surface area contributed by atoms with Crippen LogP contribution in [0.25, 0.3) is 0 Å². The van der Waals surface area contributed by atoms with Gasteiger partial charge in [0.15, 0.2) is 0 Å². The highest BCUT2D eigenvalue weighted by atomic mass is 19.1. The van der Waals surface area contributed by atoms with E-state index in [1.54, 1.807) is 0 Å². The lowest BCUT2D eigenvalue weighted by atomic mass is 10.0. The van der Waals surface area contributed by atoms with Crippen molar-refractivity contribution in [2.45, 2.75) is 25.8 Å². The Balaban J connectivity index is 1.93. The molecule has 3 heteroatoms. The van der Waals surface area contributed by atoms with Gasteiger partial charge in [-0.15, -0.1) is 0 Å². The number of hydrogen-bond acceptors (Lipinski definition) is 1. The maximum atomic E-state index is 13.7. The van der Waals surface area contributed by atoms with Crippen LogP contribution in [0, 0.1) is 18.6 Å². The molecule has 1 unspecified atom stereocenters. The summed E-state index contributed by atoms with van der Waals surface area (Å²) < 4.78 is 27.3. The van der Waals surface area contributed by atoms with Crippen molar-refractivity contribution in [3.05, 3.63) is 64.7 Å². The molecule has 0 fully saturated rings. The average Bonchev–Trinajstić information content (AvgIpc) is 2.76. The molecule has 2 aromatic rings. The van der Waals surface area contributed by atoms with Gasteiger partial charge < -0.3 is 5.32 Å². The highest BCUT2D eigenvalue weighted by Gasteiger charge is 2.24. The Morgan fingerprint density at radius 3 is 2.58 bits per heavy atom. The summed E-state index contributed by atoms with van der Waals surface area (Å²) in [5.74, 6) is -1.08. The standard InChI is InChI=1S/C16H15F2N/c1-10-5-6-11-7-8-15(12(11)9-10)19-16-13(17)3-2-4-14(16)18/h2-6,9,15,19H,7-8H2,1H3. The molecule has 1 aliphatic rings. The molecule has 1 N–H and O–H groups in total. The van der Waals surface area contributed by atoms with Crippen LogP contribution in [0.4, 0.5) is 14.5 Å². The van der Waals surface area contributed by atoms with E-state index in [0.717, 1.165) is 18.4 Å². The van der Waals surface area contributed by atoms with Crippen LogP contribution in [0.1, 0.15) is 29.2 Å². The van der Waals surface area contributed by atoms with Gasteiger partial charge in [-0.25, -0.2) is 8.78 Å². The van der Waals surface area contributed by atoms with Crippen LogP contribution in [0.3, 0.4) is 0 Å². The SMILES string of the molecule is Cc1ccc2c(c1)C(Nc1c(F)cccc1F)CC2. The number of para-hydroxylation sites is 1. The molecule has 19 heavy (non-hydrogen) atoms. The van der Waals surface area contributed by atoms with Crippen molar-refractivity contribution < 1.29 is 8.78 Å². The molecule has 0 saturated carbocycles. The molecule has 0 bridgehead atoms. The first kappa shape index (κ1) is 12.2. The molecular weight excluding hydrogens is 244 g/mol. The largest absolute Gasteiger partial charge is 0.373 e. The van der Waals surface area contributed by atoms with E-state index in [1.807, 2.05) is 6.92 Å². The Kier molecular flexibility index (Phi) is 2.97. The lowest BCUT2D eigenvalue weighted by molar-refractivity contribution is 0.582. The van der Waals surface area contributed by atoms with Gasteiger partial charge >= 0.3 is 0 Å². The maximum Gasteiger partial charge on any atom is 0.149 e. The molecule has 1 nitrogen and oxygen atoms in total. The number of aryl methyl sites for hydroxylation is 2. The predicted molar refractivity (Wildman–Crippen MR) is 72.2 cm³/mol. The summed E-state index contributed by atoms with van der Waals surface area (Å²) in [6.45, 7) is 2.03. The van der Waals surface area contributed by atoms with Gasteiger partial charge in [0, 0.05) is 0 Å². The van der Waals surface area contributed by atoms with Gasteiger partial charge in [-0.2, -0.15) is 0 Å². The molecule has 0 heterocycles. The molecule has 1 atom stereocenters. The van der Waals surface area contributed by atoms with Crippen molar-refractivity contribution in [2.24, 2.45) is 0 Å². The predicted octanol–water partition coefficient (Wildman–Crippen LogP) is 4.37. The van der Waals surface area contributed by atoms with Crippen LogP contribution in [0.2, 0.25) is 0 Å². The van der Waals surface area contributed by atoms with Crippen molar-refractivity contribution in [3.8, 4) is 0 Å². The number of anilines is 1. The Hall–Kier alpha value is -1.90.